The van der Waals surface area contributed by atoms with Gasteiger partial charge < -0.3 is 4.74 Å². The van der Waals surface area contributed by atoms with Gasteiger partial charge in [0.05, 0.1) is 12.6 Å². The van der Waals surface area contributed by atoms with Gasteiger partial charge in [-0.15, -0.1) is 0 Å². The molecule has 0 heterocycles. The lowest BCUT2D eigenvalue weighted by Crippen LogP contribution is -2.28. The van der Waals surface area contributed by atoms with Crippen molar-refractivity contribution in [2.75, 3.05) is 6.61 Å². The number of hydrazine groups is 1. The zero-order chi connectivity index (χ0) is 14.5. The van der Waals surface area contributed by atoms with Crippen LogP contribution in [0.4, 0.5) is 0 Å². The van der Waals surface area contributed by atoms with Crippen LogP contribution in [0.2, 0.25) is 5.02 Å². The summed E-state index contributed by atoms with van der Waals surface area (Å²) in [4.78, 5) is 0. The molecule has 1 atom stereocenters. The van der Waals surface area contributed by atoms with Crippen LogP contribution in [0.3, 0.4) is 0 Å². The van der Waals surface area contributed by atoms with Gasteiger partial charge >= 0.3 is 0 Å². The molecule has 0 saturated carbocycles. The Balaban J connectivity index is 2.36. The maximum atomic E-state index is 6.07. The first kappa shape index (κ1) is 14.9. The number of nitrogens with one attached hydrogen (secondary N) is 1. The monoisotopic (exact) mass is 290 g/mol. The van der Waals surface area contributed by atoms with Crippen molar-refractivity contribution in [3.63, 3.8) is 0 Å². The van der Waals surface area contributed by atoms with Crippen LogP contribution in [0.1, 0.15) is 29.7 Å². The number of hydrogen-bond acceptors (Lipinski definition) is 3. The number of hydrogen-bond donors (Lipinski definition) is 2. The van der Waals surface area contributed by atoms with Gasteiger partial charge in [0.25, 0.3) is 0 Å². The van der Waals surface area contributed by atoms with E-state index in [1.807, 2.05) is 56.3 Å². The van der Waals surface area contributed by atoms with E-state index in [0.29, 0.717) is 6.61 Å². The summed E-state index contributed by atoms with van der Waals surface area (Å²) in [5.74, 6) is 6.57. The molecule has 4 heteroatoms. The molecule has 0 amide bonds. The predicted octanol–water partition coefficient (Wildman–Crippen LogP) is 3.60. The molecule has 0 aliphatic carbocycles. The van der Waals surface area contributed by atoms with Crippen molar-refractivity contribution in [2.24, 2.45) is 5.84 Å². The molecule has 2 rings (SSSR count). The molecule has 3 nitrogen and oxygen atoms in total. The van der Waals surface area contributed by atoms with Crippen LogP contribution in [0.15, 0.2) is 42.5 Å². The number of ether oxygens (including phenoxy) is 1. The molecule has 106 valence electrons. The minimum absolute atomic E-state index is 0.0913. The molecule has 0 saturated heterocycles. The molecule has 0 spiro atoms. The van der Waals surface area contributed by atoms with E-state index in [-0.39, 0.29) is 6.04 Å². The molecule has 1 unspecified atom stereocenters. The molecule has 0 aliphatic heterocycles. The van der Waals surface area contributed by atoms with E-state index in [9.17, 15) is 0 Å². The van der Waals surface area contributed by atoms with Gasteiger partial charge in [0.1, 0.15) is 5.75 Å². The Hall–Kier alpha value is -1.55. The second-order valence-corrected chi connectivity index (χ2v) is 5.02. The summed E-state index contributed by atoms with van der Waals surface area (Å²) >= 11 is 6.07. The first-order chi connectivity index (χ1) is 9.65. The van der Waals surface area contributed by atoms with Gasteiger partial charge in [-0.05, 0) is 48.7 Å². The maximum Gasteiger partial charge on any atom is 0.119 e. The summed E-state index contributed by atoms with van der Waals surface area (Å²) in [7, 11) is 0. The Morgan fingerprint density at radius 1 is 1.20 bits per heavy atom. The first-order valence-electron chi connectivity index (χ1n) is 6.60. The van der Waals surface area contributed by atoms with Gasteiger partial charge in [0.15, 0.2) is 0 Å². The summed E-state index contributed by atoms with van der Waals surface area (Å²) in [6.07, 6.45) is 0. The number of aryl methyl sites for hydroxylation is 1. The van der Waals surface area contributed by atoms with Crippen LogP contribution in [-0.4, -0.2) is 6.61 Å². The fourth-order valence-electron chi connectivity index (χ4n) is 2.18. The average Bonchev–Trinajstić information content (AvgIpc) is 2.44. The zero-order valence-corrected chi connectivity index (χ0v) is 12.4. The zero-order valence-electron chi connectivity index (χ0n) is 11.7. The van der Waals surface area contributed by atoms with Gasteiger partial charge in [-0.3, -0.25) is 5.84 Å². The molecule has 20 heavy (non-hydrogen) atoms. The van der Waals surface area contributed by atoms with E-state index in [2.05, 4.69) is 5.43 Å². The Bertz CT molecular complexity index is 586. The van der Waals surface area contributed by atoms with Crippen molar-refractivity contribution in [3.05, 3.63) is 64.2 Å². The standard InChI is InChI=1S/C16H19ClN2O/c1-3-20-14-6-4-5-12(10-14)16(19-18)13-7-8-15(17)11(2)9-13/h4-10,16,19H,3,18H2,1-2H3. The van der Waals surface area contributed by atoms with Crippen LogP contribution in [0, 0.1) is 6.92 Å². The van der Waals surface area contributed by atoms with Crippen molar-refractivity contribution in [3.8, 4) is 5.75 Å². The molecular weight excluding hydrogens is 272 g/mol. The second-order valence-electron chi connectivity index (χ2n) is 4.61. The number of rotatable bonds is 5. The third-order valence-electron chi connectivity index (χ3n) is 3.18. The fraction of sp³-hybridized carbons (Fsp3) is 0.250. The quantitative estimate of drug-likeness (QED) is 0.653. The normalized spacial score (nSPS) is 12.2. The Morgan fingerprint density at radius 3 is 2.60 bits per heavy atom. The SMILES string of the molecule is CCOc1cccc(C(NN)c2ccc(Cl)c(C)c2)c1. The van der Waals surface area contributed by atoms with E-state index < -0.39 is 0 Å². The van der Waals surface area contributed by atoms with Crippen LogP contribution >= 0.6 is 11.6 Å². The van der Waals surface area contributed by atoms with Crippen LogP contribution < -0.4 is 16.0 Å². The Labute approximate surface area is 124 Å². The molecule has 2 aromatic carbocycles. The number of halogens is 1. The number of benzene rings is 2. The lowest BCUT2D eigenvalue weighted by molar-refractivity contribution is 0.339. The van der Waals surface area contributed by atoms with Crippen LogP contribution in [0.25, 0.3) is 0 Å². The molecule has 0 bridgehead atoms. The summed E-state index contributed by atoms with van der Waals surface area (Å²) in [5.41, 5.74) is 6.01. The van der Waals surface area contributed by atoms with E-state index in [4.69, 9.17) is 22.2 Å². The highest BCUT2D eigenvalue weighted by atomic mass is 35.5. The van der Waals surface area contributed by atoms with Crippen molar-refractivity contribution in [2.45, 2.75) is 19.9 Å². The highest BCUT2D eigenvalue weighted by Crippen LogP contribution is 2.27. The minimum Gasteiger partial charge on any atom is -0.494 e. The molecular formula is C16H19ClN2O. The summed E-state index contributed by atoms with van der Waals surface area (Å²) in [6.45, 7) is 4.59. The average molecular weight is 291 g/mol. The Kier molecular flexibility index (Phi) is 5.01. The topological polar surface area (TPSA) is 47.3 Å². The van der Waals surface area contributed by atoms with Gasteiger partial charge in [0.2, 0.25) is 0 Å². The number of nitrogens with two attached hydrogens (primary N) is 1. The molecule has 3 N–H and O–H groups in total. The van der Waals surface area contributed by atoms with Gasteiger partial charge in [-0.25, -0.2) is 5.43 Å². The maximum absolute atomic E-state index is 6.07. The summed E-state index contributed by atoms with van der Waals surface area (Å²) in [5, 5.41) is 0.757. The first-order valence-corrected chi connectivity index (χ1v) is 6.98. The highest BCUT2D eigenvalue weighted by Gasteiger charge is 2.14. The van der Waals surface area contributed by atoms with E-state index in [1.165, 1.54) is 0 Å². The molecule has 0 aromatic heterocycles. The highest BCUT2D eigenvalue weighted by molar-refractivity contribution is 6.31. The van der Waals surface area contributed by atoms with E-state index >= 15 is 0 Å². The van der Waals surface area contributed by atoms with Crippen molar-refractivity contribution in [1.82, 2.24) is 5.43 Å². The third kappa shape index (κ3) is 3.31. The van der Waals surface area contributed by atoms with Crippen molar-refractivity contribution in [1.29, 1.82) is 0 Å². The second kappa shape index (κ2) is 6.75. The lowest BCUT2D eigenvalue weighted by Gasteiger charge is -2.18. The van der Waals surface area contributed by atoms with Gasteiger partial charge in [-0.1, -0.05) is 35.9 Å². The van der Waals surface area contributed by atoms with Gasteiger partial charge in [0, 0.05) is 5.02 Å². The Morgan fingerprint density at radius 2 is 1.95 bits per heavy atom. The van der Waals surface area contributed by atoms with Crippen LogP contribution in [0.5, 0.6) is 5.75 Å². The molecule has 0 aliphatic rings. The smallest absolute Gasteiger partial charge is 0.119 e. The fourth-order valence-corrected chi connectivity index (χ4v) is 2.30. The van der Waals surface area contributed by atoms with Crippen LogP contribution in [-0.2, 0) is 0 Å². The summed E-state index contributed by atoms with van der Waals surface area (Å²) < 4.78 is 5.53. The predicted molar refractivity (Wildman–Crippen MR) is 83.0 cm³/mol. The van der Waals surface area contributed by atoms with Crippen molar-refractivity contribution < 1.29 is 4.74 Å². The van der Waals surface area contributed by atoms with E-state index in [0.717, 1.165) is 27.5 Å². The van der Waals surface area contributed by atoms with Crippen molar-refractivity contribution >= 4 is 11.6 Å². The summed E-state index contributed by atoms with van der Waals surface area (Å²) in [6, 6.07) is 13.7. The minimum atomic E-state index is -0.0913. The molecule has 0 radical (unpaired) electrons. The largest absolute Gasteiger partial charge is 0.494 e. The van der Waals surface area contributed by atoms with E-state index in [1.54, 1.807) is 0 Å². The molecule has 2 aromatic rings. The molecule has 0 fully saturated rings. The lowest BCUT2D eigenvalue weighted by atomic mass is 9.98. The third-order valence-corrected chi connectivity index (χ3v) is 3.61. The van der Waals surface area contributed by atoms with Gasteiger partial charge in [-0.2, -0.15) is 0 Å².